The highest BCUT2D eigenvalue weighted by atomic mass is 16.2. The van der Waals surface area contributed by atoms with Gasteiger partial charge >= 0.3 is 0 Å². The summed E-state index contributed by atoms with van der Waals surface area (Å²) in [6.07, 6.45) is 5.50. The van der Waals surface area contributed by atoms with Crippen molar-refractivity contribution in [1.29, 1.82) is 0 Å². The van der Waals surface area contributed by atoms with Crippen molar-refractivity contribution in [1.82, 2.24) is 4.90 Å². The molecule has 0 bridgehead atoms. The fourth-order valence-corrected chi connectivity index (χ4v) is 3.20. The number of nitrogens with zero attached hydrogens (tertiary/aromatic N) is 1. The third kappa shape index (κ3) is 5.13. The third-order valence-electron chi connectivity index (χ3n) is 4.69. The van der Waals surface area contributed by atoms with Crippen molar-refractivity contribution in [3.63, 3.8) is 0 Å². The second-order valence-electron chi connectivity index (χ2n) is 7.04. The molecule has 1 aliphatic heterocycles. The van der Waals surface area contributed by atoms with Crippen LogP contribution in [-0.4, -0.2) is 29.9 Å². The molecule has 2 rings (SSSR count). The summed E-state index contributed by atoms with van der Waals surface area (Å²) in [5, 5.41) is 0. The first kappa shape index (κ1) is 17.0. The maximum atomic E-state index is 12.5. The van der Waals surface area contributed by atoms with Gasteiger partial charge in [-0.3, -0.25) is 4.79 Å². The van der Waals surface area contributed by atoms with Gasteiger partial charge in [-0.25, -0.2) is 0 Å². The van der Waals surface area contributed by atoms with Crippen molar-refractivity contribution in [2.24, 2.45) is 17.6 Å². The summed E-state index contributed by atoms with van der Waals surface area (Å²) in [6.45, 7) is 6.32. The van der Waals surface area contributed by atoms with Gasteiger partial charge in [0.05, 0.1) is 6.04 Å². The van der Waals surface area contributed by atoms with Gasteiger partial charge in [0.1, 0.15) is 0 Å². The molecule has 122 valence electrons. The molecule has 0 unspecified atom stereocenters. The standard InChI is InChI=1S/C19H30N2O/c1-15(2)8-9-16-10-12-21(13-11-16)19(22)18(20)14-17-6-4-3-5-7-17/h3-7,15-16,18H,8-14,20H2,1-2H3/t18-/m0/s1. The molecular weight excluding hydrogens is 272 g/mol. The number of amides is 1. The lowest BCUT2D eigenvalue weighted by atomic mass is 9.89. The Morgan fingerprint density at radius 2 is 1.86 bits per heavy atom. The number of hydrogen-bond acceptors (Lipinski definition) is 2. The van der Waals surface area contributed by atoms with Crippen LogP contribution in [0.2, 0.25) is 0 Å². The zero-order chi connectivity index (χ0) is 15.9. The second kappa shape index (κ2) is 8.33. The van der Waals surface area contributed by atoms with Crippen molar-refractivity contribution in [2.75, 3.05) is 13.1 Å². The Bertz CT molecular complexity index is 450. The van der Waals surface area contributed by atoms with Gasteiger partial charge in [-0.1, -0.05) is 57.0 Å². The number of carbonyl (C=O) groups is 1. The SMILES string of the molecule is CC(C)CCC1CCN(C(=O)[C@@H](N)Cc2ccccc2)CC1. The Morgan fingerprint density at radius 1 is 1.23 bits per heavy atom. The minimum Gasteiger partial charge on any atom is -0.341 e. The molecule has 0 saturated carbocycles. The maximum Gasteiger partial charge on any atom is 0.239 e. The van der Waals surface area contributed by atoms with E-state index in [1.807, 2.05) is 35.2 Å². The lowest BCUT2D eigenvalue weighted by Crippen LogP contribution is -2.48. The first-order chi connectivity index (χ1) is 10.6. The minimum atomic E-state index is -0.408. The predicted octanol–water partition coefficient (Wildman–Crippen LogP) is 3.23. The average molecular weight is 302 g/mol. The van der Waals surface area contributed by atoms with Gasteiger partial charge in [-0.05, 0) is 36.7 Å². The Labute approximate surface area is 134 Å². The van der Waals surface area contributed by atoms with E-state index in [1.165, 1.54) is 12.8 Å². The van der Waals surface area contributed by atoms with Gasteiger partial charge in [0, 0.05) is 13.1 Å². The van der Waals surface area contributed by atoms with Crippen LogP contribution in [0.4, 0.5) is 0 Å². The van der Waals surface area contributed by atoms with Crippen LogP contribution in [0.25, 0.3) is 0 Å². The van der Waals surface area contributed by atoms with E-state index in [0.29, 0.717) is 6.42 Å². The Balaban J connectivity index is 1.77. The molecule has 1 aromatic rings. The van der Waals surface area contributed by atoms with Gasteiger partial charge < -0.3 is 10.6 Å². The first-order valence-electron chi connectivity index (χ1n) is 8.64. The zero-order valence-corrected chi connectivity index (χ0v) is 14.0. The van der Waals surface area contributed by atoms with E-state index in [0.717, 1.165) is 43.3 Å². The molecule has 3 nitrogen and oxygen atoms in total. The second-order valence-corrected chi connectivity index (χ2v) is 7.04. The molecule has 22 heavy (non-hydrogen) atoms. The van der Waals surface area contributed by atoms with E-state index in [9.17, 15) is 4.79 Å². The number of nitrogens with two attached hydrogens (primary N) is 1. The molecule has 1 aromatic carbocycles. The largest absolute Gasteiger partial charge is 0.341 e. The molecule has 0 spiro atoms. The summed E-state index contributed by atoms with van der Waals surface area (Å²) < 4.78 is 0. The summed E-state index contributed by atoms with van der Waals surface area (Å²) >= 11 is 0. The van der Waals surface area contributed by atoms with Crippen LogP contribution in [0, 0.1) is 11.8 Å². The molecule has 0 aromatic heterocycles. The Hall–Kier alpha value is -1.35. The molecule has 1 atom stereocenters. The topological polar surface area (TPSA) is 46.3 Å². The zero-order valence-electron chi connectivity index (χ0n) is 14.0. The van der Waals surface area contributed by atoms with Crippen molar-refractivity contribution < 1.29 is 4.79 Å². The summed E-state index contributed by atoms with van der Waals surface area (Å²) in [5.41, 5.74) is 7.26. The molecule has 0 radical (unpaired) electrons. The predicted molar refractivity (Wildman–Crippen MR) is 91.5 cm³/mol. The van der Waals surface area contributed by atoms with E-state index in [1.54, 1.807) is 0 Å². The number of likely N-dealkylation sites (tertiary alicyclic amines) is 1. The van der Waals surface area contributed by atoms with Crippen LogP contribution < -0.4 is 5.73 Å². The number of carbonyl (C=O) groups excluding carboxylic acids is 1. The number of benzene rings is 1. The van der Waals surface area contributed by atoms with Crippen molar-refractivity contribution in [3.05, 3.63) is 35.9 Å². The summed E-state index contributed by atoms with van der Waals surface area (Å²) in [5.74, 6) is 1.68. The van der Waals surface area contributed by atoms with Crippen LogP contribution in [0.1, 0.15) is 45.1 Å². The molecule has 1 heterocycles. The monoisotopic (exact) mass is 302 g/mol. The quantitative estimate of drug-likeness (QED) is 0.877. The average Bonchev–Trinajstić information content (AvgIpc) is 2.53. The van der Waals surface area contributed by atoms with Crippen LogP contribution in [0.15, 0.2) is 30.3 Å². The third-order valence-corrected chi connectivity index (χ3v) is 4.69. The Kier molecular flexibility index (Phi) is 6.44. The summed E-state index contributed by atoms with van der Waals surface area (Å²) in [6, 6.07) is 9.63. The minimum absolute atomic E-state index is 0.117. The van der Waals surface area contributed by atoms with Gasteiger partial charge in [-0.15, -0.1) is 0 Å². The smallest absolute Gasteiger partial charge is 0.239 e. The number of rotatable bonds is 6. The Morgan fingerprint density at radius 3 is 2.45 bits per heavy atom. The van der Waals surface area contributed by atoms with E-state index in [-0.39, 0.29) is 5.91 Å². The van der Waals surface area contributed by atoms with Gasteiger partial charge in [0.2, 0.25) is 5.91 Å². The normalized spacial score (nSPS) is 17.7. The fourth-order valence-electron chi connectivity index (χ4n) is 3.20. The van der Waals surface area contributed by atoms with Crippen LogP contribution >= 0.6 is 0 Å². The highest BCUT2D eigenvalue weighted by Gasteiger charge is 2.26. The summed E-state index contributed by atoms with van der Waals surface area (Å²) in [7, 11) is 0. The van der Waals surface area contributed by atoms with Crippen LogP contribution in [0.5, 0.6) is 0 Å². The fraction of sp³-hybridized carbons (Fsp3) is 0.632. The lowest BCUT2D eigenvalue weighted by molar-refractivity contribution is -0.134. The van der Waals surface area contributed by atoms with Gasteiger partial charge in [0.15, 0.2) is 0 Å². The first-order valence-corrected chi connectivity index (χ1v) is 8.64. The van der Waals surface area contributed by atoms with Crippen LogP contribution in [-0.2, 0) is 11.2 Å². The highest BCUT2D eigenvalue weighted by molar-refractivity contribution is 5.82. The number of hydrogen-bond donors (Lipinski definition) is 1. The lowest BCUT2D eigenvalue weighted by Gasteiger charge is -2.33. The number of piperidine rings is 1. The summed E-state index contributed by atoms with van der Waals surface area (Å²) in [4.78, 5) is 14.4. The van der Waals surface area contributed by atoms with Gasteiger partial charge in [0.25, 0.3) is 0 Å². The van der Waals surface area contributed by atoms with E-state index in [2.05, 4.69) is 13.8 Å². The molecule has 1 aliphatic rings. The molecule has 1 amide bonds. The van der Waals surface area contributed by atoms with Crippen molar-refractivity contribution >= 4 is 5.91 Å². The highest BCUT2D eigenvalue weighted by Crippen LogP contribution is 2.24. The van der Waals surface area contributed by atoms with Crippen molar-refractivity contribution in [3.8, 4) is 0 Å². The van der Waals surface area contributed by atoms with E-state index >= 15 is 0 Å². The molecular formula is C19H30N2O. The molecule has 3 heteroatoms. The molecule has 1 fully saturated rings. The van der Waals surface area contributed by atoms with E-state index < -0.39 is 6.04 Å². The molecule has 2 N–H and O–H groups in total. The van der Waals surface area contributed by atoms with Crippen LogP contribution in [0.3, 0.4) is 0 Å². The molecule has 0 aliphatic carbocycles. The maximum absolute atomic E-state index is 12.5. The van der Waals surface area contributed by atoms with E-state index in [4.69, 9.17) is 5.73 Å². The van der Waals surface area contributed by atoms with Gasteiger partial charge in [-0.2, -0.15) is 0 Å². The van der Waals surface area contributed by atoms with Crippen molar-refractivity contribution in [2.45, 2.75) is 52.0 Å². The molecule has 1 saturated heterocycles.